The molecule has 0 aromatic carbocycles. The quantitative estimate of drug-likeness (QED) is 0.0261. The minimum Gasteiger partial charge on any atom is -0.394 e. The number of unbranched alkanes of at least 4 members (excludes halogenated alkanes) is 37. The largest absolute Gasteiger partial charge is 0.394 e. The van der Waals surface area contributed by atoms with Gasteiger partial charge in [0, 0.05) is 6.42 Å². The Balaban J connectivity index is 2.17. The van der Waals surface area contributed by atoms with E-state index < -0.39 is 49.5 Å². The molecule has 9 heteroatoms. The highest BCUT2D eigenvalue weighted by Gasteiger charge is 2.44. The van der Waals surface area contributed by atoms with Gasteiger partial charge in [-0.25, -0.2) is 0 Å². The molecule has 0 saturated carbocycles. The maximum atomic E-state index is 13.0. The molecule has 6 N–H and O–H groups in total. The maximum Gasteiger partial charge on any atom is 0.220 e. The molecule has 7 unspecified atom stereocenters. The molecule has 1 aliphatic rings. The molecule has 1 fully saturated rings. The zero-order valence-corrected chi connectivity index (χ0v) is 41.4. The highest BCUT2D eigenvalue weighted by molar-refractivity contribution is 5.76. The topological polar surface area (TPSA) is 149 Å². The van der Waals surface area contributed by atoms with Crippen LogP contribution in [0.15, 0.2) is 12.2 Å². The molecule has 0 aromatic rings. The number of nitrogens with one attached hydrogen (secondary N) is 1. The monoisotopic (exact) mass is 896 g/mol. The van der Waals surface area contributed by atoms with Gasteiger partial charge in [-0.15, -0.1) is 0 Å². The third-order valence-corrected chi connectivity index (χ3v) is 13.4. The van der Waals surface area contributed by atoms with E-state index in [0.717, 1.165) is 38.5 Å². The molecule has 0 aromatic heterocycles. The van der Waals surface area contributed by atoms with Gasteiger partial charge in [-0.3, -0.25) is 4.79 Å². The first-order chi connectivity index (χ1) is 30.8. The summed E-state index contributed by atoms with van der Waals surface area (Å²) >= 11 is 0. The lowest BCUT2D eigenvalue weighted by atomic mass is 9.99. The van der Waals surface area contributed by atoms with Gasteiger partial charge in [0.05, 0.1) is 25.4 Å². The van der Waals surface area contributed by atoms with Gasteiger partial charge in [-0.1, -0.05) is 257 Å². The van der Waals surface area contributed by atoms with Crippen molar-refractivity contribution in [3.05, 3.63) is 12.2 Å². The van der Waals surface area contributed by atoms with Crippen LogP contribution in [0.3, 0.4) is 0 Å². The Morgan fingerprint density at radius 2 is 0.873 bits per heavy atom. The SMILES string of the molecule is CCCCCCCCCCCCC/C=C/C(O)C(COC1OC(CO)C(O)C(O)C1O)NC(=O)CCCCCCCCCCCCCCCCCCCCCCCCCCCCC. The molecule has 374 valence electrons. The molecule has 0 aliphatic carbocycles. The van der Waals surface area contributed by atoms with Gasteiger partial charge in [0.1, 0.15) is 24.4 Å². The number of hydrogen-bond acceptors (Lipinski definition) is 8. The lowest BCUT2D eigenvalue weighted by Gasteiger charge is -2.40. The Hall–Kier alpha value is -1.07. The Labute approximate surface area is 388 Å². The summed E-state index contributed by atoms with van der Waals surface area (Å²) in [6.07, 6.45) is 47.1. The van der Waals surface area contributed by atoms with Gasteiger partial charge in [-0.2, -0.15) is 0 Å². The van der Waals surface area contributed by atoms with Gasteiger partial charge in [0.25, 0.3) is 0 Å². The Morgan fingerprint density at radius 3 is 1.24 bits per heavy atom. The van der Waals surface area contributed by atoms with E-state index in [1.165, 1.54) is 212 Å². The molecule has 9 nitrogen and oxygen atoms in total. The van der Waals surface area contributed by atoms with Crippen molar-refractivity contribution < 1.29 is 39.8 Å². The summed E-state index contributed by atoms with van der Waals surface area (Å²) in [5.41, 5.74) is 0. The normalized spacial score (nSPS) is 20.1. The third kappa shape index (κ3) is 34.8. The van der Waals surface area contributed by atoms with E-state index >= 15 is 0 Å². The zero-order valence-electron chi connectivity index (χ0n) is 41.4. The molecule has 0 bridgehead atoms. The zero-order chi connectivity index (χ0) is 45.9. The fraction of sp³-hybridized carbons (Fsp3) is 0.944. The predicted molar refractivity (Wildman–Crippen MR) is 263 cm³/mol. The van der Waals surface area contributed by atoms with Gasteiger partial charge < -0.3 is 40.3 Å². The molecular formula is C54H105NO8. The number of aliphatic hydroxyl groups is 5. The average molecular weight is 896 g/mol. The fourth-order valence-electron chi connectivity index (χ4n) is 8.98. The van der Waals surface area contributed by atoms with Crippen LogP contribution < -0.4 is 5.32 Å². The smallest absolute Gasteiger partial charge is 0.220 e. The van der Waals surface area contributed by atoms with Crippen LogP contribution >= 0.6 is 0 Å². The van der Waals surface area contributed by atoms with Gasteiger partial charge in [-0.05, 0) is 19.3 Å². The van der Waals surface area contributed by atoms with Crippen LogP contribution in [0, 0.1) is 0 Å². The number of carbonyl (C=O) groups excluding carboxylic acids is 1. The third-order valence-electron chi connectivity index (χ3n) is 13.4. The molecule has 1 amide bonds. The van der Waals surface area contributed by atoms with Crippen molar-refractivity contribution in [1.82, 2.24) is 5.32 Å². The average Bonchev–Trinajstić information content (AvgIpc) is 3.28. The van der Waals surface area contributed by atoms with Gasteiger partial charge >= 0.3 is 0 Å². The summed E-state index contributed by atoms with van der Waals surface area (Å²) in [7, 11) is 0. The Kier molecular flexibility index (Phi) is 42.6. The molecule has 1 heterocycles. The predicted octanol–water partition coefficient (Wildman–Crippen LogP) is 12.8. The summed E-state index contributed by atoms with van der Waals surface area (Å²) < 4.78 is 11.2. The van der Waals surface area contributed by atoms with Crippen LogP contribution in [0.4, 0.5) is 0 Å². The van der Waals surface area contributed by atoms with E-state index in [1.807, 2.05) is 6.08 Å². The number of amides is 1. The number of carbonyl (C=O) groups is 1. The summed E-state index contributed by atoms with van der Waals surface area (Å²) in [5, 5.41) is 54.3. The van der Waals surface area contributed by atoms with Gasteiger partial charge in [0.2, 0.25) is 5.91 Å². The van der Waals surface area contributed by atoms with Crippen LogP contribution in [0.1, 0.15) is 271 Å². The van der Waals surface area contributed by atoms with E-state index in [4.69, 9.17) is 9.47 Å². The molecule has 1 saturated heterocycles. The van der Waals surface area contributed by atoms with Crippen LogP contribution in [0.2, 0.25) is 0 Å². The first-order valence-electron chi connectivity index (χ1n) is 27.4. The van der Waals surface area contributed by atoms with Crippen molar-refractivity contribution >= 4 is 5.91 Å². The highest BCUT2D eigenvalue weighted by atomic mass is 16.7. The lowest BCUT2D eigenvalue weighted by Crippen LogP contribution is -2.60. The van der Waals surface area contributed by atoms with Crippen molar-refractivity contribution in [2.45, 2.75) is 314 Å². The summed E-state index contributed by atoms with van der Waals surface area (Å²) in [6.45, 7) is 3.80. The Morgan fingerprint density at radius 1 is 0.524 bits per heavy atom. The summed E-state index contributed by atoms with van der Waals surface area (Å²) in [6, 6.07) is -0.799. The highest BCUT2D eigenvalue weighted by Crippen LogP contribution is 2.23. The first-order valence-corrected chi connectivity index (χ1v) is 27.4. The van der Waals surface area contributed by atoms with Crippen molar-refractivity contribution in [2.75, 3.05) is 13.2 Å². The molecule has 1 rings (SSSR count). The van der Waals surface area contributed by atoms with Crippen molar-refractivity contribution in [1.29, 1.82) is 0 Å². The minimum absolute atomic E-state index is 0.171. The summed E-state index contributed by atoms with van der Waals surface area (Å²) in [5.74, 6) is -0.171. The van der Waals surface area contributed by atoms with Crippen LogP contribution in [-0.4, -0.2) is 87.5 Å². The van der Waals surface area contributed by atoms with Crippen LogP contribution in [0.25, 0.3) is 0 Å². The second kappa shape index (κ2) is 44.7. The van der Waals surface area contributed by atoms with E-state index in [9.17, 15) is 30.3 Å². The van der Waals surface area contributed by atoms with Crippen LogP contribution in [0.5, 0.6) is 0 Å². The minimum atomic E-state index is -1.56. The van der Waals surface area contributed by atoms with Crippen LogP contribution in [-0.2, 0) is 14.3 Å². The molecule has 63 heavy (non-hydrogen) atoms. The number of aliphatic hydroxyl groups excluding tert-OH is 5. The van der Waals surface area contributed by atoms with E-state index in [0.29, 0.717) is 6.42 Å². The second-order valence-corrected chi connectivity index (χ2v) is 19.4. The number of ether oxygens (including phenoxy) is 2. The van der Waals surface area contributed by atoms with E-state index in [1.54, 1.807) is 6.08 Å². The van der Waals surface area contributed by atoms with Crippen molar-refractivity contribution in [3.8, 4) is 0 Å². The number of rotatable bonds is 47. The summed E-state index contributed by atoms with van der Waals surface area (Å²) in [4.78, 5) is 13.0. The molecule has 0 radical (unpaired) electrons. The van der Waals surface area contributed by atoms with Gasteiger partial charge in [0.15, 0.2) is 6.29 Å². The van der Waals surface area contributed by atoms with E-state index in [2.05, 4.69) is 19.2 Å². The molecule has 7 atom stereocenters. The number of hydrogen-bond donors (Lipinski definition) is 6. The standard InChI is InChI=1S/C54H105NO8/c1-3-5-7-9-11-13-15-17-18-19-20-21-22-23-24-25-26-27-28-29-30-32-34-36-38-40-42-44-50(58)55-47(46-62-54-53(61)52(60)51(59)49(45-56)63-54)48(57)43-41-39-37-35-33-31-16-14-12-10-8-6-4-2/h41,43,47-49,51-54,56-57,59-61H,3-40,42,44-46H2,1-2H3,(H,55,58)/b43-41+. The fourth-order valence-corrected chi connectivity index (χ4v) is 8.98. The molecular weight excluding hydrogens is 791 g/mol. The number of allylic oxidation sites excluding steroid dienone is 1. The van der Waals surface area contributed by atoms with Crippen molar-refractivity contribution in [2.24, 2.45) is 0 Å². The lowest BCUT2D eigenvalue weighted by molar-refractivity contribution is -0.302. The second-order valence-electron chi connectivity index (χ2n) is 19.4. The molecule has 0 spiro atoms. The molecule has 1 aliphatic heterocycles. The van der Waals surface area contributed by atoms with Crippen molar-refractivity contribution in [3.63, 3.8) is 0 Å². The Bertz CT molecular complexity index is 997. The first kappa shape index (κ1) is 59.9. The maximum absolute atomic E-state index is 13.0. The van der Waals surface area contributed by atoms with E-state index in [-0.39, 0.29) is 12.5 Å².